The van der Waals surface area contributed by atoms with Crippen molar-refractivity contribution in [2.75, 3.05) is 0 Å². The van der Waals surface area contributed by atoms with E-state index in [2.05, 4.69) is 25.1 Å². The average Bonchev–Trinajstić information content (AvgIpc) is 2.54. The number of aromatic amines is 2. The summed E-state index contributed by atoms with van der Waals surface area (Å²) in [6, 6.07) is 0. The molecule has 0 spiro atoms. The van der Waals surface area contributed by atoms with Crippen LogP contribution in [0.4, 0.5) is 0 Å². The number of nitrogens with zero attached hydrogens (tertiary/aromatic N) is 3. The van der Waals surface area contributed by atoms with Crippen molar-refractivity contribution >= 4 is 0 Å². The lowest BCUT2D eigenvalue weighted by atomic mass is 10.4. The van der Waals surface area contributed by atoms with Gasteiger partial charge in [0.15, 0.2) is 5.82 Å². The second kappa shape index (κ2) is 2.57. The maximum Gasteiger partial charge on any atom is 0.340 e. The van der Waals surface area contributed by atoms with Crippen LogP contribution in [0.5, 0.6) is 0 Å². The molecule has 2 aromatic heterocycles. The third-order valence-electron chi connectivity index (χ3n) is 1.31. The highest BCUT2D eigenvalue weighted by atomic mass is 16.1. The van der Waals surface area contributed by atoms with Crippen molar-refractivity contribution in [1.82, 2.24) is 25.1 Å². The van der Waals surface area contributed by atoms with E-state index < -0.39 is 0 Å². The molecule has 2 aromatic rings. The normalized spacial score (nSPS) is 10.0. The Kier molecular flexibility index (Phi) is 1.44. The second-order valence-corrected chi connectivity index (χ2v) is 2.12. The molecule has 6 nitrogen and oxygen atoms in total. The molecule has 0 aliphatic heterocycles. The highest BCUT2D eigenvalue weighted by molar-refractivity contribution is 5.44. The van der Waals surface area contributed by atoms with Gasteiger partial charge in [0.1, 0.15) is 5.69 Å². The number of aromatic nitrogens is 5. The summed E-state index contributed by atoms with van der Waals surface area (Å²) in [4.78, 5) is 20.9. The maximum atomic E-state index is 10.6. The maximum absolute atomic E-state index is 10.6. The summed E-state index contributed by atoms with van der Waals surface area (Å²) in [5.74, 6) is 0.396. The zero-order valence-corrected chi connectivity index (χ0v) is 5.98. The number of hydrogen-bond acceptors (Lipinski definition) is 4. The van der Waals surface area contributed by atoms with Crippen LogP contribution >= 0.6 is 0 Å². The van der Waals surface area contributed by atoms with Crippen molar-refractivity contribution in [3.05, 3.63) is 29.1 Å². The fourth-order valence-corrected chi connectivity index (χ4v) is 0.813. The van der Waals surface area contributed by atoms with Crippen LogP contribution in [-0.4, -0.2) is 25.1 Å². The largest absolute Gasteiger partial charge is 0.340 e. The van der Waals surface area contributed by atoms with E-state index in [0.29, 0.717) is 11.5 Å². The molecular formula is C6H5N5O. The van der Waals surface area contributed by atoms with Gasteiger partial charge in [-0.15, -0.1) is 0 Å². The molecule has 0 fully saturated rings. The molecule has 2 heterocycles. The average molecular weight is 163 g/mol. The highest BCUT2D eigenvalue weighted by Crippen LogP contribution is 2.04. The molecule has 0 saturated heterocycles. The van der Waals surface area contributed by atoms with E-state index in [1.807, 2.05) is 0 Å². The molecule has 0 radical (unpaired) electrons. The van der Waals surface area contributed by atoms with Crippen molar-refractivity contribution in [2.24, 2.45) is 0 Å². The molecule has 0 atom stereocenters. The molecule has 0 bridgehead atoms. The van der Waals surface area contributed by atoms with Crippen LogP contribution in [0.15, 0.2) is 23.4 Å². The fourth-order valence-electron chi connectivity index (χ4n) is 0.813. The quantitative estimate of drug-likeness (QED) is 0.596. The summed E-state index contributed by atoms with van der Waals surface area (Å²) < 4.78 is 0. The SMILES string of the molecule is O=c1[nH]nc(-c2cnccn2)[nH]1. The Hall–Kier alpha value is -1.98. The third-order valence-corrected chi connectivity index (χ3v) is 1.31. The number of H-pyrrole nitrogens is 2. The minimum absolute atomic E-state index is 0.351. The van der Waals surface area contributed by atoms with Crippen LogP contribution in [-0.2, 0) is 0 Å². The van der Waals surface area contributed by atoms with Gasteiger partial charge in [0.2, 0.25) is 0 Å². The topological polar surface area (TPSA) is 87.3 Å². The van der Waals surface area contributed by atoms with Crippen LogP contribution in [0.1, 0.15) is 0 Å². The van der Waals surface area contributed by atoms with Crippen LogP contribution in [0, 0.1) is 0 Å². The van der Waals surface area contributed by atoms with Crippen molar-refractivity contribution in [1.29, 1.82) is 0 Å². The zero-order valence-electron chi connectivity index (χ0n) is 5.98. The summed E-state index contributed by atoms with van der Waals surface area (Å²) in [6.45, 7) is 0. The Morgan fingerprint density at radius 1 is 1.33 bits per heavy atom. The molecule has 2 N–H and O–H groups in total. The van der Waals surface area contributed by atoms with Gasteiger partial charge in [0.25, 0.3) is 0 Å². The monoisotopic (exact) mass is 163 g/mol. The molecule has 0 saturated carbocycles. The minimum Gasteiger partial charge on any atom is -0.288 e. The first-order valence-electron chi connectivity index (χ1n) is 3.27. The van der Waals surface area contributed by atoms with Gasteiger partial charge in [-0.05, 0) is 0 Å². The lowest BCUT2D eigenvalue weighted by Crippen LogP contribution is -2.00. The summed E-state index contributed by atoms with van der Waals surface area (Å²) >= 11 is 0. The lowest BCUT2D eigenvalue weighted by Gasteiger charge is -1.89. The van der Waals surface area contributed by atoms with E-state index >= 15 is 0 Å². The molecule has 0 unspecified atom stereocenters. The van der Waals surface area contributed by atoms with Crippen molar-refractivity contribution in [3.8, 4) is 11.5 Å². The molecule has 60 valence electrons. The Morgan fingerprint density at radius 3 is 2.83 bits per heavy atom. The van der Waals surface area contributed by atoms with Gasteiger partial charge in [-0.3, -0.25) is 9.97 Å². The third kappa shape index (κ3) is 1.09. The van der Waals surface area contributed by atoms with Gasteiger partial charge in [-0.25, -0.2) is 14.9 Å². The Balaban J connectivity index is 2.51. The molecule has 2 rings (SSSR count). The van der Waals surface area contributed by atoms with Crippen molar-refractivity contribution in [3.63, 3.8) is 0 Å². The van der Waals surface area contributed by atoms with Crippen molar-refractivity contribution < 1.29 is 0 Å². The minimum atomic E-state index is -0.351. The van der Waals surface area contributed by atoms with Gasteiger partial charge in [-0.1, -0.05) is 0 Å². The van der Waals surface area contributed by atoms with E-state index in [0.717, 1.165) is 0 Å². The van der Waals surface area contributed by atoms with Gasteiger partial charge in [0.05, 0.1) is 6.20 Å². The van der Waals surface area contributed by atoms with E-state index in [1.165, 1.54) is 12.4 Å². The van der Waals surface area contributed by atoms with E-state index in [9.17, 15) is 4.79 Å². The summed E-state index contributed by atoms with van der Waals surface area (Å²) in [5, 5.41) is 5.93. The standard InChI is InChI=1S/C6H5N5O/c12-6-9-5(10-11-6)4-3-7-1-2-8-4/h1-3H,(H2,9,10,11,12). The Labute approximate surface area is 66.7 Å². The molecule has 0 amide bonds. The predicted molar refractivity (Wildman–Crippen MR) is 40.2 cm³/mol. The Bertz CT molecular complexity index is 417. The van der Waals surface area contributed by atoms with E-state index in [-0.39, 0.29) is 5.69 Å². The van der Waals surface area contributed by atoms with Crippen LogP contribution in [0.3, 0.4) is 0 Å². The van der Waals surface area contributed by atoms with Crippen LogP contribution < -0.4 is 5.69 Å². The molecule has 0 aromatic carbocycles. The summed E-state index contributed by atoms with van der Waals surface area (Å²) in [5.41, 5.74) is 0.187. The molecule has 0 aliphatic carbocycles. The first-order valence-corrected chi connectivity index (χ1v) is 3.27. The predicted octanol–water partition coefficient (Wildman–Crippen LogP) is -0.445. The van der Waals surface area contributed by atoms with E-state index in [4.69, 9.17) is 0 Å². The molecule has 6 heteroatoms. The Morgan fingerprint density at radius 2 is 2.25 bits per heavy atom. The molecular weight excluding hydrogens is 158 g/mol. The first-order chi connectivity index (χ1) is 5.86. The number of rotatable bonds is 1. The van der Waals surface area contributed by atoms with Gasteiger partial charge < -0.3 is 0 Å². The van der Waals surface area contributed by atoms with Gasteiger partial charge in [0, 0.05) is 12.4 Å². The number of nitrogens with one attached hydrogen (secondary N) is 2. The highest BCUT2D eigenvalue weighted by Gasteiger charge is 2.01. The van der Waals surface area contributed by atoms with Crippen molar-refractivity contribution in [2.45, 2.75) is 0 Å². The van der Waals surface area contributed by atoms with Crippen LogP contribution in [0.2, 0.25) is 0 Å². The smallest absolute Gasteiger partial charge is 0.288 e. The zero-order chi connectivity index (χ0) is 8.39. The van der Waals surface area contributed by atoms with Gasteiger partial charge >= 0.3 is 5.69 Å². The first kappa shape index (κ1) is 6.71. The second-order valence-electron chi connectivity index (χ2n) is 2.12. The number of hydrogen-bond donors (Lipinski definition) is 2. The molecule has 12 heavy (non-hydrogen) atoms. The summed E-state index contributed by atoms with van der Waals surface area (Å²) in [6.07, 6.45) is 4.60. The lowest BCUT2D eigenvalue weighted by molar-refractivity contribution is 1.05. The summed E-state index contributed by atoms with van der Waals surface area (Å²) in [7, 11) is 0. The molecule has 0 aliphatic rings. The van der Waals surface area contributed by atoms with Gasteiger partial charge in [-0.2, -0.15) is 5.10 Å². The fraction of sp³-hybridized carbons (Fsp3) is 0. The van der Waals surface area contributed by atoms with Crippen LogP contribution in [0.25, 0.3) is 11.5 Å². The van der Waals surface area contributed by atoms with E-state index in [1.54, 1.807) is 6.20 Å².